The van der Waals surface area contributed by atoms with Gasteiger partial charge in [0, 0.05) is 24.1 Å². The summed E-state index contributed by atoms with van der Waals surface area (Å²) in [6.45, 7) is 0. The molecule has 0 radical (unpaired) electrons. The van der Waals surface area contributed by atoms with E-state index in [0.29, 0.717) is 0 Å². The predicted molar refractivity (Wildman–Crippen MR) is 75.1 cm³/mol. The first-order chi connectivity index (χ1) is 9.42. The van der Waals surface area contributed by atoms with Crippen molar-refractivity contribution in [3.63, 3.8) is 0 Å². The second-order valence-electron chi connectivity index (χ2n) is 4.29. The van der Waals surface area contributed by atoms with E-state index in [9.17, 15) is 0 Å². The minimum atomic E-state index is 1.00. The molecule has 0 spiro atoms. The van der Waals surface area contributed by atoms with Crippen LogP contribution in [0.1, 0.15) is 0 Å². The van der Waals surface area contributed by atoms with Crippen LogP contribution in [0.3, 0.4) is 0 Å². The minimum Gasteiger partial charge on any atom is -0.361 e. The van der Waals surface area contributed by atoms with E-state index in [0.717, 1.165) is 11.2 Å². The first-order valence-corrected chi connectivity index (χ1v) is 6.00. The van der Waals surface area contributed by atoms with E-state index in [1.807, 2.05) is 51.7 Å². The van der Waals surface area contributed by atoms with Crippen LogP contribution in [0.15, 0.2) is 60.1 Å². The van der Waals surface area contributed by atoms with Crippen LogP contribution < -0.4 is 15.8 Å². The highest BCUT2D eigenvalue weighted by molar-refractivity contribution is 5.84. The maximum Gasteiger partial charge on any atom is 0.158 e. The van der Waals surface area contributed by atoms with Gasteiger partial charge in [0.1, 0.15) is 0 Å². The molecule has 2 N–H and O–H groups in total. The third-order valence-electron chi connectivity index (χ3n) is 3.13. The Hall–Kier alpha value is -2.89. The molecule has 0 bridgehead atoms. The fraction of sp³-hybridized carbons (Fsp3) is 0. The van der Waals surface area contributed by atoms with E-state index in [1.165, 1.54) is 5.39 Å². The smallest absolute Gasteiger partial charge is 0.158 e. The number of nitrogens with one attached hydrogen (secondary N) is 2. The molecule has 2 aromatic heterocycles. The van der Waals surface area contributed by atoms with Crippen molar-refractivity contribution in [3.8, 4) is 0 Å². The number of aromatic amines is 1. The standard InChI is InChI=1S/C13H12N6/c1-2-8-17(7-1)18-10-15-16-19(18)12-4-3-11-5-6-14-13(11)9-12/h1-10,14,16H. The van der Waals surface area contributed by atoms with Crippen molar-refractivity contribution in [1.82, 2.24) is 15.2 Å². The molecular weight excluding hydrogens is 240 g/mol. The van der Waals surface area contributed by atoms with Gasteiger partial charge in [0.2, 0.25) is 0 Å². The highest BCUT2D eigenvalue weighted by atomic mass is 16.0. The second-order valence-corrected chi connectivity index (χ2v) is 4.29. The quantitative estimate of drug-likeness (QED) is 0.731. The SMILES string of the molecule is C1=NNN(c2ccc3cc[nH]c3c2)N1n1cccc1. The lowest BCUT2D eigenvalue weighted by Gasteiger charge is -2.28. The van der Waals surface area contributed by atoms with Gasteiger partial charge in [-0.3, -0.25) is 0 Å². The number of H-pyrrole nitrogens is 1. The maximum atomic E-state index is 4.09. The Morgan fingerprint density at radius 2 is 1.95 bits per heavy atom. The van der Waals surface area contributed by atoms with Crippen LogP contribution in [0.5, 0.6) is 0 Å². The molecular formula is C13H12N6. The van der Waals surface area contributed by atoms with E-state index >= 15 is 0 Å². The summed E-state index contributed by atoms with van der Waals surface area (Å²) in [5.41, 5.74) is 5.06. The van der Waals surface area contributed by atoms with E-state index in [1.54, 1.807) is 6.34 Å². The third kappa shape index (κ3) is 1.54. The number of rotatable bonds is 2. The number of nitrogens with zero attached hydrogens (tertiary/aromatic N) is 4. The molecule has 1 aliphatic heterocycles. The summed E-state index contributed by atoms with van der Waals surface area (Å²) in [4.78, 5) is 3.21. The van der Waals surface area contributed by atoms with Crippen LogP contribution in [0, 0.1) is 0 Å². The molecule has 0 aliphatic carbocycles. The van der Waals surface area contributed by atoms with E-state index < -0.39 is 0 Å². The van der Waals surface area contributed by atoms with Crippen molar-refractivity contribution >= 4 is 22.9 Å². The van der Waals surface area contributed by atoms with Gasteiger partial charge in [0.05, 0.1) is 5.69 Å². The zero-order valence-corrected chi connectivity index (χ0v) is 10.1. The summed E-state index contributed by atoms with van der Waals surface area (Å²) in [6, 6.07) is 12.2. The normalized spacial score (nSPS) is 14.3. The van der Waals surface area contributed by atoms with Crippen LogP contribution in [0.2, 0.25) is 0 Å². The van der Waals surface area contributed by atoms with E-state index in [-0.39, 0.29) is 0 Å². The number of hydrazine groups is 2. The molecule has 6 heteroatoms. The summed E-state index contributed by atoms with van der Waals surface area (Å²) in [7, 11) is 0. The molecule has 94 valence electrons. The molecule has 0 amide bonds. The molecule has 0 saturated heterocycles. The zero-order chi connectivity index (χ0) is 12.7. The third-order valence-corrected chi connectivity index (χ3v) is 3.13. The Morgan fingerprint density at radius 3 is 2.84 bits per heavy atom. The van der Waals surface area contributed by atoms with Crippen LogP contribution in [-0.4, -0.2) is 16.0 Å². The number of aromatic nitrogens is 2. The molecule has 1 aliphatic rings. The zero-order valence-electron chi connectivity index (χ0n) is 10.1. The molecule has 4 rings (SSSR count). The van der Waals surface area contributed by atoms with Crippen molar-refractivity contribution in [2.24, 2.45) is 5.10 Å². The minimum absolute atomic E-state index is 1.00. The number of anilines is 1. The number of hydrogen-bond donors (Lipinski definition) is 2. The Bertz CT molecular complexity index is 727. The van der Waals surface area contributed by atoms with Gasteiger partial charge in [-0.05, 0) is 35.7 Å². The van der Waals surface area contributed by atoms with Crippen molar-refractivity contribution in [3.05, 3.63) is 55.0 Å². The van der Waals surface area contributed by atoms with Crippen LogP contribution in [-0.2, 0) is 0 Å². The van der Waals surface area contributed by atoms with Crippen molar-refractivity contribution in [2.75, 3.05) is 10.2 Å². The summed E-state index contributed by atoms with van der Waals surface area (Å²) >= 11 is 0. The topological polar surface area (TPSA) is 51.6 Å². The van der Waals surface area contributed by atoms with Crippen molar-refractivity contribution in [2.45, 2.75) is 0 Å². The van der Waals surface area contributed by atoms with Crippen LogP contribution in [0.25, 0.3) is 10.9 Å². The fourth-order valence-electron chi connectivity index (χ4n) is 2.20. The molecule has 1 aromatic carbocycles. The van der Waals surface area contributed by atoms with Crippen molar-refractivity contribution in [1.29, 1.82) is 0 Å². The Balaban J connectivity index is 1.74. The van der Waals surface area contributed by atoms with Gasteiger partial charge in [-0.1, -0.05) is 6.07 Å². The second kappa shape index (κ2) is 3.81. The van der Waals surface area contributed by atoms with Gasteiger partial charge >= 0.3 is 0 Å². The van der Waals surface area contributed by atoms with Crippen molar-refractivity contribution < 1.29 is 0 Å². The largest absolute Gasteiger partial charge is 0.361 e. The van der Waals surface area contributed by atoms with Gasteiger partial charge in [-0.25, -0.2) is 4.68 Å². The average molecular weight is 252 g/mol. The number of benzene rings is 1. The Morgan fingerprint density at radius 1 is 1.05 bits per heavy atom. The molecule has 19 heavy (non-hydrogen) atoms. The fourth-order valence-corrected chi connectivity index (χ4v) is 2.20. The highest BCUT2D eigenvalue weighted by Crippen LogP contribution is 2.21. The molecule has 3 aromatic rings. The first kappa shape index (κ1) is 10.1. The summed E-state index contributed by atoms with van der Waals surface area (Å²) in [6.07, 6.45) is 7.57. The van der Waals surface area contributed by atoms with Gasteiger partial charge in [-0.2, -0.15) is 15.8 Å². The van der Waals surface area contributed by atoms with Gasteiger partial charge < -0.3 is 4.98 Å². The summed E-state index contributed by atoms with van der Waals surface area (Å²) in [5.74, 6) is 0. The van der Waals surface area contributed by atoms with Gasteiger partial charge in [0.15, 0.2) is 6.34 Å². The lowest BCUT2D eigenvalue weighted by molar-refractivity contribution is 0.622. The Kier molecular flexibility index (Phi) is 2.02. The molecule has 0 saturated carbocycles. The van der Waals surface area contributed by atoms with Crippen LogP contribution >= 0.6 is 0 Å². The number of hydrogen-bond acceptors (Lipinski definition) is 4. The highest BCUT2D eigenvalue weighted by Gasteiger charge is 2.19. The lowest BCUT2D eigenvalue weighted by atomic mass is 10.2. The molecule has 0 fully saturated rings. The average Bonchev–Trinajstić information content (AvgIpc) is 3.18. The molecule has 0 atom stereocenters. The molecule has 6 nitrogen and oxygen atoms in total. The maximum absolute atomic E-state index is 4.09. The summed E-state index contributed by atoms with van der Waals surface area (Å²) in [5, 5.41) is 9.02. The van der Waals surface area contributed by atoms with Crippen LogP contribution in [0.4, 0.5) is 5.69 Å². The first-order valence-electron chi connectivity index (χ1n) is 6.00. The number of hydrazone groups is 1. The van der Waals surface area contributed by atoms with E-state index in [2.05, 4.69) is 33.8 Å². The Labute approximate surface area is 109 Å². The molecule has 0 unspecified atom stereocenters. The lowest BCUT2D eigenvalue weighted by Crippen LogP contribution is -2.49. The molecule has 3 heterocycles. The monoisotopic (exact) mass is 252 g/mol. The van der Waals surface area contributed by atoms with Gasteiger partial charge in [0.25, 0.3) is 0 Å². The summed E-state index contributed by atoms with van der Waals surface area (Å²) < 4.78 is 1.93. The van der Waals surface area contributed by atoms with Gasteiger partial charge in [-0.15, -0.1) is 5.10 Å². The number of fused-ring (bicyclic) bond motifs is 1. The predicted octanol–water partition coefficient (Wildman–Crippen LogP) is 1.79. The van der Waals surface area contributed by atoms with E-state index in [4.69, 9.17) is 0 Å².